The highest BCUT2D eigenvalue weighted by Crippen LogP contribution is 2.36. The molecule has 0 fully saturated rings. The largest absolute Gasteiger partial charge is 0.311 e. The molecule has 0 N–H and O–H groups in total. The fraction of sp³-hybridized carbons (Fsp3) is 0.0833. The van der Waals surface area contributed by atoms with E-state index in [1.807, 2.05) is 57.2 Å². The first kappa shape index (κ1) is 26.4. The van der Waals surface area contributed by atoms with Gasteiger partial charge in [-0.05, 0) is 91.6 Å². The molecule has 0 spiro atoms. The van der Waals surface area contributed by atoms with Gasteiger partial charge in [0.15, 0.2) is 0 Å². The fourth-order valence-corrected chi connectivity index (χ4v) is 4.36. The summed E-state index contributed by atoms with van der Waals surface area (Å²) in [5, 5.41) is 0. The van der Waals surface area contributed by atoms with Gasteiger partial charge in [-0.1, -0.05) is 97.6 Å². The van der Waals surface area contributed by atoms with Crippen molar-refractivity contribution in [3.63, 3.8) is 0 Å². The molecule has 2 nitrogen and oxygen atoms in total. The van der Waals surface area contributed by atoms with Crippen LogP contribution in [0.3, 0.4) is 0 Å². The van der Waals surface area contributed by atoms with Crippen molar-refractivity contribution in [1.29, 1.82) is 0 Å². The molecule has 1 heterocycles. The zero-order chi connectivity index (χ0) is 26.7. The van der Waals surface area contributed by atoms with Crippen LogP contribution >= 0.6 is 0 Å². The van der Waals surface area contributed by atoms with Crippen molar-refractivity contribution >= 4 is 28.2 Å². The minimum atomic E-state index is 0.897. The van der Waals surface area contributed by atoms with E-state index >= 15 is 0 Å². The van der Waals surface area contributed by atoms with E-state index in [9.17, 15) is 0 Å². The normalized spacial score (nSPS) is 12.3. The zero-order valence-electron chi connectivity index (χ0n) is 22.4. The van der Waals surface area contributed by atoms with Gasteiger partial charge in [0.2, 0.25) is 0 Å². The van der Waals surface area contributed by atoms with Gasteiger partial charge in [0.1, 0.15) is 0 Å². The van der Waals surface area contributed by atoms with E-state index in [1.165, 1.54) is 0 Å². The first-order valence-electron chi connectivity index (χ1n) is 13.0. The Balaban J connectivity index is 1.81. The standard InChI is InChI=1S/C36H34N2/c1-5-9-17-29(8-4)36-27-31(26-35(37-36)28(7-3)16-6-2)30-22-24-34(25-23-30)38(32-18-12-10-13-19-32)33-20-14-11-15-21-33/h5-27H,4H2,1-3H3/b9-5-,16-6-,28-7+,29-17+. The predicted octanol–water partition coefficient (Wildman–Crippen LogP) is 10.3. The molecule has 0 saturated carbocycles. The summed E-state index contributed by atoms with van der Waals surface area (Å²) in [4.78, 5) is 7.27. The molecule has 38 heavy (non-hydrogen) atoms. The van der Waals surface area contributed by atoms with Crippen LogP contribution in [0.25, 0.3) is 22.3 Å². The van der Waals surface area contributed by atoms with E-state index in [4.69, 9.17) is 4.98 Å². The topological polar surface area (TPSA) is 16.1 Å². The first-order valence-corrected chi connectivity index (χ1v) is 13.0. The Hall–Kier alpha value is -4.69. The highest BCUT2D eigenvalue weighted by Gasteiger charge is 2.13. The Labute approximate surface area is 227 Å². The Morgan fingerprint density at radius 1 is 0.658 bits per heavy atom. The lowest BCUT2D eigenvalue weighted by molar-refractivity contribution is 1.24. The Morgan fingerprint density at radius 3 is 1.71 bits per heavy atom. The molecular formula is C36H34N2. The number of benzene rings is 3. The second-order valence-electron chi connectivity index (χ2n) is 8.78. The second kappa shape index (κ2) is 13.0. The monoisotopic (exact) mass is 494 g/mol. The summed E-state index contributed by atoms with van der Waals surface area (Å²) in [5.74, 6) is 0. The third kappa shape index (κ3) is 6.16. The van der Waals surface area contributed by atoms with Crippen molar-refractivity contribution in [3.8, 4) is 11.1 Å². The van der Waals surface area contributed by atoms with E-state index < -0.39 is 0 Å². The van der Waals surface area contributed by atoms with E-state index in [-0.39, 0.29) is 0 Å². The Morgan fingerprint density at radius 2 is 1.21 bits per heavy atom. The van der Waals surface area contributed by atoms with Crippen LogP contribution in [0.1, 0.15) is 32.2 Å². The van der Waals surface area contributed by atoms with Gasteiger partial charge in [0, 0.05) is 17.1 Å². The fourth-order valence-electron chi connectivity index (χ4n) is 4.36. The SMILES string of the molecule is C=C/C(=C\C=C/C)c1cc(-c2ccc(N(c3ccccc3)c3ccccc3)cc2)cc(C(/C=C\C)=C/C)n1. The highest BCUT2D eigenvalue weighted by atomic mass is 15.1. The van der Waals surface area contributed by atoms with E-state index in [2.05, 4.69) is 115 Å². The number of nitrogens with zero attached hydrogens (tertiary/aromatic N) is 2. The van der Waals surface area contributed by atoms with Gasteiger partial charge in [-0.25, -0.2) is 4.98 Å². The van der Waals surface area contributed by atoms with Crippen molar-refractivity contribution in [2.45, 2.75) is 20.8 Å². The molecule has 0 bridgehead atoms. The van der Waals surface area contributed by atoms with Crippen LogP contribution < -0.4 is 4.90 Å². The molecule has 0 amide bonds. The quantitative estimate of drug-likeness (QED) is 0.215. The van der Waals surface area contributed by atoms with Crippen LogP contribution in [0, 0.1) is 0 Å². The summed E-state index contributed by atoms with van der Waals surface area (Å²) in [6, 6.07) is 34.0. The van der Waals surface area contributed by atoms with Crippen molar-refractivity contribution in [3.05, 3.63) is 158 Å². The van der Waals surface area contributed by atoms with Crippen LogP contribution in [0.4, 0.5) is 17.1 Å². The molecular weight excluding hydrogens is 460 g/mol. The summed E-state index contributed by atoms with van der Waals surface area (Å²) >= 11 is 0. The van der Waals surface area contributed by atoms with Gasteiger partial charge in [0.05, 0.1) is 11.4 Å². The molecule has 2 heteroatoms. The molecule has 3 aromatic carbocycles. The van der Waals surface area contributed by atoms with E-state index in [0.717, 1.165) is 50.7 Å². The summed E-state index contributed by atoms with van der Waals surface area (Å²) in [6.07, 6.45) is 14.2. The molecule has 188 valence electrons. The molecule has 0 aliphatic rings. The molecule has 1 aromatic heterocycles. The number of aromatic nitrogens is 1. The van der Waals surface area contributed by atoms with Gasteiger partial charge >= 0.3 is 0 Å². The van der Waals surface area contributed by atoms with Crippen molar-refractivity contribution in [2.75, 3.05) is 4.90 Å². The van der Waals surface area contributed by atoms with Crippen LogP contribution in [-0.2, 0) is 0 Å². The van der Waals surface area contributed by atoms with Gasteiger partial charge < -0.3 is 4.90 Å². The number of para-hydroxylation sites is 2. The lowest BCUT2D eigenvalue weighted by atomic mass is 9.99. The lowest BCUT2D eigenvalue weighted by Crippen LogP contribution is -2.09. The average molecular weight is 495 g/mol. The van der Waals surface area contributed by atoms with Gasteiger partial charge in [-0.3, -0.25) is 0 Å². The molecule has 0 atom stereocenters. The number of rotatable bonds is 9. The summed E-state index contributed by atoms with van der Waals surface area (Å²) in [7, 11) is 0. The summed E-state index contributed by atoms with van der Waals surface area (Å²) < 4.78 is 0. The van der Waals surface area contributed by atoms with Crippen LogP contribution in [-0.4, -0.2) is 4.98 Å². The van der Waals surface area contributed by atoms with E-state index in [1.54, 1.807) is 0 Å². The maximum Gasteiger partial charge on any atom is 0.0715 e. The van der Waals surface area contributed by atoms with Crippen molar-refractivity contribution < 1.29 is 0 Å². The predicted molar refractivity (Wildman–Crippen MR) is 166 cm³/mol. The molecule has 0 saturated heterocycles. The number of pyridine rings is 1. The van der Waals surface area contributed by atoms with E-state index in [0.29, 0.717) is 0 Å². The maximum atomic E-state index is 5.00. The zero-order valence-corrected chi connectivity index (χ0v) is 22.4. The average Bonchev–Trinajstić information content (AvgIpc) is 2.98. The number of hydrogen-bond donors (Lipinski definition) is 0. The second-order valence-corrected chi connectivity index (χ2v) is 8.78. The lowest BCUT2D eigenvalue weighted by Gasteiger charge is -2.25. The van der Waals surface area contributed by atoms with Gasteiger partial charge in [0.25, 0.3) is 0 Å². The van der Waals surface area contributed by atoms with Gasteiger partial charge in [-0.15, -0.1) is 0 Å². The third-order valence-corrected chi connectivity index (χ3v) is 6.25. The minimum Gasteiger partial charge on any atom is -0.311 e. The molecule has 0 aliphatic heterocycles. The van der Waals surface area contributed by atoms with Crippen LogP contribution in [0.15, 0.2) is 146 Å². The number of allylic oxidation sites excluding steroid dienone is 9. The first-order chi connectivity index (χ1) is 18.7. The summed E-state index contributed by atoms with van der Waals surface area (Å²) in [5.41, 5.74) is 9.48. The van der Waals surface area contributed by atoms with Gasteiger partial charge in [-0.2, -0.15) is 0 Å². The van der Waals surface area contributed by atoms with Crippen LogP contribution in [0.5, 0.6) is 0 Å². The molecule has 4 aromatic rings. The smallest absolute Gasteiger partial charge is 0.0715 e. The summed E-state index contributed by atoms with van der Waals surface area (Å²) in [6.45, 7) is 10.1. The molecule has 0 radical (unpaired) electrons. The maximum absolute atomic E-state index is 5.00. The molecule has 0 unspecified atom stereocenters. The Kier molecular flexibility index (Phi) is 9.04. The van der Waals surface area contributed by atoms with Crippen LogP contribution in [0.2, 0.25) is 0 Å². The molecule has 0 aliphatic carbocycles. The minimum absolute atomic E-state index is 0.897. The van der Waals surface area contributed by atoms with Crippen molar-refractivity contribution in [1.82, 2.24) is 4.98 Å². The third-order valence-electron chi connectivity index (χ3n) is 6.25. The Bertz CT molecular complexity index is 1430. The van der Waals surface area contributed by atoms with Crippen molar-refractivity contribution in [2.24, 2.45) is 0 Å². The number of hydrogen-bond acceptors (Lipinski definition) is 2. The number of anilines is 3. The molecule has 4 rings (SSSR count). The highest BCUT2D eigenvalue weighted by molar-refractivity contribution is 5.82.